The third-order valence-electron chi connectivity index (χ3n) is 3.52. The Morgan fingerprint density at radius 3 is 2.19 bits per heavy atom. The number of benzene rings is 2. The van der Waals surface area contributed by atoms with Crippen molar-refractivity contribution in [1.29, 1.82) is 0 Å². The van der Waals surface area contributed by atoms with Crippen molar-refractivity contribution < 1.29 is 0 Å². The molecule has 0 radical (unpaired) electrons. The van der Waals surface area contributed by atoms with Crippen LogP contribution < -0.4 is 5.32 Å². The van der Waals surface area contributed by atoms with Crippen LogP contribution in [0, 0.1) is 0 Å². The zero-order valence-electron chi connectivity index (χ0n) is 11.3. The van der Waals surface area contributed by atoms with Gasteiger partial charge in [0.1, 0.15) is 11.6 Å². The number of aromatic nitrogens is 2. The standard InChI is InChI=1S/C18H13N3/c1-2-9-15-13(7-1)14-8-3-4-10-16(14)20-18(15)21-17-11-5-6-12-19-17/h1-12H,(H,19,20,21). The second-order valence-electron chi connectivity index (χ2n) is 4.86. The maximum absolute atomic E-state index is 4.75. The molecule has 3 nitrogen and oxygen atoms in total. The molecular formula is C18H13N3. The number of rotatable bonds is 2. The van der Waals surface area contributed by atoms with Gasteiger partial charge in [-0.2, -0.15) is 0 Å². The zero-order valence-corrected chi connectivity index (χ0v) is 11.3. The summed E-state index contributed by atoms with van der Waals surface area (Å²) in [5.74, 6) is 1.63. The lowest BCUT2D eigenvalue weighted by Crippen LogP contribution is -1.97. The van der Waals surface area contributed by atoms with E-state index >= 15 is 0 Å². The third kappa shape index (κ3) is 2.09. The van der Waals surface area contributed by atoms with Crippen molar-refractivity contribution in [1.82, 2.24) is 9.97 Å². The molecule has 2 aromatic carbocycles. The number of hydrogen-bond donors (Lipinski definition) is 1. The fraction of sp³-hybridized carbons (Fsp3) is 0. The monoisotopic (exact) mass is 271 g/mol. The summed E-state index contributed by atoms with van der Waals surface area (Å²) in [6.45, 7) is 0. The van der Waals surface area contributed by atoms with Gasteiger partial charge < -0.3 is 5.32 Å². The van der Waals surface area contributed by atoms with Gasteiger partial charge in [-0.1, -0.05) is 48.5 Å². The van der Waals surface area contributed by atoms with E-state index in [0.29, 0.717) is 0 Å². The summed E-state index contributed by atoms with van der Waals surface area (Å²) >= 11 is 0. The molecule has 0 amide bonds. The Morgan fingerprint density at radius 1 is 0.667 bits per heavy atom. The van der Waals surface area contributed by atoms with E-state index in [1.165, 1.54) is 10.8 Å². The minimum Gasteiger partial charge on any atom is -0.324 e. The summed E-state index contributed by atoms with van der Waals surface area (Å²) in [5, 5.41) is 6.78. The van der Waals surface area contributed by atoms with E-state index in [9.17, 15) is 0 Å². The molecule has 100 valence electrons. The van der Waals surface area contributed by atoms with Gasteiger partial charge in [-0.15, -0.1) is 0 Å². The zero-order chi connectivity index (χ0) is 14.1. The van der Waals surface area contributed by atoms with E-state index in [4.69, 9.17) is 4.98 Å². The summed E-state index contributed by atoms with van der Waals surface area (Å²) < 4.78 is 0. The number of nitrogens with one attached hydrogen (secondary N) is 1. The molecule has 0 fully saturated rings. The number of anilines is 2. The second kappa shape index (κ2) is 4.87. The lowest BCUT2D eigenvalue weighted by Gasteiger charge is -2.10. The van der Waals surface area contributed by atoms with Crippen molar-refractivity contribution in [2.45, 2.75) is 0 Å². The van der Waals surface area contributed by atoms with Crippen molar-refractivity contribution >= 4 is 33.3 Å². The van der Waals surface area contributed by atoms with Gasteiger partial charge in [0.2, 0.25) is 0 Å². The highest BCUT2D eigenvalue weighted by Crippen LogP contribution is 2.30. The van der Waals surface area contributed by atoms with Crippen LogP contribution in [0.15, 0.2) is 72.9 Å². The van der Waals surface area contributed by atoms with E-state index < -0.39 is 0 Å². The molecule has 4 rings (SSSR count). The minimum absolute atomic E-state index is 0.797. The average molecular weight is 271 g/mol. The largest absolute Gasteiger partial charge is 0.324 e. The fourth-order valence-corrected chi connectivity index (χ4v) is 2.56. The normalized spacial score (nSPS) is 10.9. The van der Waals surface area contributed by atoms with Crippen molar-refractivity contribution in [2.75, 3.05) is 5.32 Å². The molecule has 1 N–H and O–H groups in total. The molecule has 3 heteroatoms. The second-order valence-corrected chi connectivity index (χ2v) is 4.86. The molecule has 0 aliphatic rings. The van der Waals surface area contributed by atoms with Crippen molar-refractivity contribution in [3.05, 3.63) is 72.9 Å². The Kier molecular flexibility index (Phi) is 2.75. The molecular weight excluding hydrogens is 258 g/mol. The Hall–Kier alpha value is -2.94. The first-order valence-electron chi connectivity index (χ1n) is 6.87. The third-order valence-corrected chi connectivity index (χ3v) is 3.52. The molecule has 4 aromatic rings. The maximum atomic E-state index is 4.75. The van der Waals surface area contributed by atoms with Gasteiger partial charge >= 0.3 is 0 Å². The van der Waals surface area contributed by atoms with Crippen LogP contribution >= 0.6 is 0 Å². The van der Waals surface area contributed by atoms with Crippen molar-refractivity contribution in [2.24, 2.45) is 0 Å². The summed E-state index contributed by atoms with van der Waals surface area (Å²) in [4.78, 5) is 9.06. The molecule has 2 heterocycles. The van der Waals surface area contributed by atoms with E-state index in [2.05, 4.69) is 34.6 Å². The highest BCUT2D eigenvalue weighted by atomic mass is 15.1. The number of hydrogen-bond acceptors (Lipinski definition) is 3. The van der Waals surface area contributed by atoms with Gasteiger partial charge in [0.05, 0.1) is 5.52 Å². The van der Waals surface area contributed by atoms with Crippen LogP contribution in [-0.4, -0.2) is 9.97 Å². The predicted molar refractivity (Wildman–Crippen MR) is 86.8 cm³/mol. The Balaban J connectivity index is 1.98. The molecule has 0 atom stereocenters. The van der Waals surface area contributed by atoms with Gasteiger partial charge in [0.25, 0.3) is 0 Å². The summed E-state index contributed by atoms with van der Waals surface area (Å²) in [7, 11) is 0. The summed E-state index contributed by atoms with van der Waals surface area (Å²) in [5.41, 5.74) is 0.981. The van der Waals surface area contributed by atoms with Gasteiger partial charge in [-0.05, 0) is 23.6 Å². The van der Waals surface area contributed by atoms with Gasteiger partial charge in [-0.25, -0.2) is 9.97 Å². The molecule has 0 saturated heterocycles. The molecule has 0 aliphatic carbocycles. The highest BCUT2D eigenvalue weighted by molar-refractivity contribution is 6.10. The van der Waals surface area contributed by atoms with Crippen LogP contribution in [0.5, 0.6) is 0 Å². The van der Waals surface area contributed by atoms with Crippen molar-refractivity contribution in [3.8, 4) is 0 Å². The van der Waals surface area contributed by atoms with E-state index in [0.717, 1.165) is 22.5 Å². The lowest BCUT2D eigenvalue weighted by molar-refractivity contribution is 1.28. The van der Waals surface area contributed by atoms with E-state index in [1.807, 2.05) is 42.5 Å². The lowest BCUT2D eigenvalue weighted by atomic mass is 10.1. The first kappa shape index (κ1) is 11.9. The summed E-state index contributed by atoms with van der Waals surface area (Å²) in [6, 6.07) is 22.3. The Bertz CT molecular complexity index is 917. The molecule has 0 saturated carbocycles. The molecule has 21 heavy (non-hydrogen) atoms. The van der Waals surface area contributed by atoms with Crippen LogP contribution in [0.3, 0.4) is 0 Å². The van der Waals surface area contributed by atoms with Gasteiger partial charge in [0, 0.05) is 17.0 Å². The quantitative estimate of drug-likeness (QED) is 0.544. The highest BCUT2D eigenvalue weighted by Gasteiger charge is 2.07. The fourth-order valence-electron chi connectivity index (χ4n) is 2.56. The topological polar surface area (TPSA) is 37.8 Å². The van der Waals surface area contributed by atoms with Gasteiger partial charge in [-0.3, -0.25) is 0 Å². The van der Waals surface area contributed by atoms with Crippen LogP contribution in [0.1, 0.15) is 0 Å². The SMILES string of the molecule is c1ccc(Nc2nc3ccccc3c3ccccc23)nc1. The smallest absolute Gasteiger partial charge is 0.140 e. The number of para-hydroxylation sites is 1. The summed E-state index contributed by atoms with van der Waals surface area (Å²) in [6.07, 6.45) is 1.77. The van der Waals surface area contributed by atoms with E-state index in [-0.39, 0.29) is 0 Å². The van der Waals surface area contributed by atoms with Crippen LogP contribution in [0.25, 0.3) is 21.7 Å². The van der Waals surface area contributed by atoms with Crippen LogP contribution in [0.2, 0.25) is 0 Å². The molecule has 0 spiro atoms. The number of pyridine rings is 2. The van der Waals surface area contributed by atoms with Crippen LogP contribution in [-0.2, 0) is 0 Å². The number of nitrogens with zero attached hydrogens (tertiary/aromatic N) is 2. The Labute approximate surface area is 122 Å². The maximum Gasteiger partial charge on any atom is 0.140 e. The molecule has 0 bridgehead atoms. The predicted octanol–water partition coefficient (Wildman–Crippen LogP) is 4.53. The molecule has 0 unspecified atom stereocenters. The van der Waals surface area contributed by atoms with Gasteiger partial charge in [0.15, 0.2) is 0 Å². The van der Waals surface area contributed by atoms with E-state index in [1.54, 1.807) is 6.20 Å². The van der Waals surface area contributed by atoms with Crippen molar-refractivity contribution in [3.63, 3.8) is 0 Å². The first-order chi connectivity index (χ1) is 10.4. The number of fused-ring (bicyclic) bond motifs is 3. The molecule has 0 aliphatic heterocycles. The first-order valence-corrected chi connectivity index (χ1v) is 6.87. The minimum atomic E-state index is 0.797. The molecule has 2 aromatic heterocycles. The Morgan fingerprint density at radius 2 is 1.38 bits per heavy atom. The average Bonchev–Trinajstić information content (AvgIpc) is 2.56. The van der Waals surface area contributed by atoms with Crippen LogP contribution in [0.4, 0.5) is 11.6 Å².